The van der Waals surface area contributed by atoms with E-state index in [4.69, 9.17) is 15.4 Å². The van der Waals surface area contributed by atoms with Gasteiger partial charge in [0.05, 0.1) is 0 Å². The predicted molar refractivity (Wildman–Crippen MR) is 45.0 cm³/mol. The van der Waals surface area contributed by atoms with E-state index >= 15 is 0 Å². The maximum atomic E-state index is 10.4. The van der Waals surface area contributed by atoms with Gasteiger partial charge in [-0.15, -0.1) is 0 Å². The minimum atomic E-state index is -4.11. The second-order valence-electron chi connectivity index (χ2n) is 2.92. The van der Waals surface area contributed by atoms with Crippen LogP contribution >= 0.6 is 0 Å². The van der Waals surface area contributed by atoms with Crippen LogP contribution in [-0.4, -0.2) is 30.1 Å². The van der Waals surface area contributed by atoms with Crippen LogP contribution in [0.2, 0.25) is 0 Å². The first-order valence-electron chi connectivity index (χ1n) is 3.70. The Hall–Kier alpha value is -0.170. The van der Waals surface area contributed by atoms with E-state index in [-0.39, 0.29) is 18.9 Å². The summed E-state index contributed by atoms with van der Waals surface area (Å²) >= 11 is 0. The lowest BCUT2D eigenvalue weighted by Crippen LogP contribution is -2.30. The number of aliphatic hydroxyl groups is 1. The van der Waals surface area contributed by atoms with Crippen LogP contribution in [-0.2, 0) is 10.1 Å². The third-order valence-electron chi connectivity index (χ3n) is 1.64. The molecule has 0 bridgehead atoms. The summed E-state index contributed by atoms with van der Waals surface area (Å²) in [5.41, 5.74) is 5.13. The maximum absolute atomic E-state index is 10.4. The third kappa shape index (κ3) is 4.66. The average Bonchev–Trinajstić information content (AvgIpc) is 1.97. The van der Waals surface area contributed by atoms with Crippen LogP contribution in [0.3, 0.4) is 0 Å². The van der Waals surface area contributed by atoms with Gasteiger partial charge >= 0.3 is 0 Å². The van der Waals surface area contributed by atoms with E-state index in [1.54, 1.807) is 6.92 Å². The van der Waals surface area contributed by atoms with Gasteiger partial charge in [0.2, 0.25) is 0 Å². The van der Waals surface area contributed by atoms with Crippen molar-refractivity contribution in [2.45, 2.75) is 25.1 Å². The van der Waals surface area contributed by atoms with Crippen molar-refractivity contribution in [1.82, 2.24) is 0 Å². The number of hydrogen-bond acceptors (Lipinski definition) is 4. The summed E-state index contributed by atoms with van der Waals surface area (Å²) in [5.74, 6) is 0.0119. The highest BCUT2D eigenvalue weighted by Gasteiger charge is 2.17. The molecule has 0 radical (unpaired) electrons. The highest BCUT2D eigenvalue weighted by molar-refractivity contribution is 7.86. The molecule has 0 fully saturated rings. The molecule has 0 aromatic carbocycles. The van der Waals surface area contributed by atoms with Crippen LogP contribution < -0.4 is 5.73 Å². The third-order valence-corrected chi connectivity index (χ3v) is 2.64. The average molecular weight is 197 g/mol. The first kappa shape index (κ1) is 11.8. The Morgan fingerprint density at radius 2 is 1.92 bits per heavy atom. The van der Waals surface area contributed by atoms with E-state index in [2.05, 4.69) is 0 Å². The van der Waals surface area contributed by atoms with Crippen LogP contribution in [0.1, 0.15) is 19.8 Å². The molecule has 5 nitrogen and oxygen atoms in total. The minimum absolute atomic E-state index is 0.00179. The van der Waals surface area contributed by atoms with Crippen LogP contribution in [0, 0.1) is 5.92 Å². The first-order chi connectivity index (χ1) is 5.38. The smallest absolute Gasteiger partial charge is 0.280 e. The van der Waals surface area contributed by atoms with E-state index in [1.807, 2.05) is 0 Å². The molecule has 0 aliphatic heterocycles. The molecule has 0 aromatic heterocycles. The molecule has 0 aromatic rings. The zero-order valence-corrected chi connectivity index (χ0v) is 7.79. The molecule has 0 heterocycles. The fraction of sp³-hybridized carbons (Fsp3) is 1.00. The van der Waals surface area contributed by atoms with Crippen LogP contribution in [0.25, 0.3) is 0 Å². The molecule has 0 saturated carbocycles. The van der Waals surface area contributed by atoms with Gasteiger partial charge in [0.25, 0.3) is 10.1 Å². The van der Waals surface area contributed by atoms with E-state index in [0.29, 0.717) is 6.42 Å². The molecule has 0 spiro atoms. The van der Waals surface area contributed by atoms with Gasteiger partial charge in [-0.2, -0.15) is 8.42 Å². The summed E-state index contributed by atoms with van der Waals surface area (Å²) in [6.07, 6.45) is 0.651. The molecular formula is C6H15NO4S. The number of hydrogen-bond donors (Lipinski definition) is 3. The standard InChI is InChI=1S/C6H15NO4S/c1-5(4-8)2-3-6(7)12(9,10)11/h5-6,8H,2-4,7H2,1H3,(H,9,10,11)/t5-,6?/m0/s1. The second kappa shape index (κ2) is 4.76. The van der Waals surface area contributed by atoms with Crippen molar-refractivity contribution in [2.24, 2.45) is 11.7 Å². The molecule has 0 aliphatic rings. The molecule has 0 saturated heterocycles. The van der Waals surface area contributed by atoms with E-state index in [1.165, 1.54) is 0 Å². The molecule has 12 heavy (non-hydrogen) atoms. The quantitative estimate of drug-likeness (QED) is 0.519. The lowest BCUT2D eigenvalue weighted by atomic mass is 10.1. The minimum Gasteiger partial charge on any atom is -0.396 e. The molecule has 0 aliphatic carbocycles. The zero-order valence-electron chi connectivity index (χ0n) is 6.97. The second-order valence-corrected chi connectivity index (χ2v) is 4.55. The molecule has 1 unspecified atom stereocenters. The highest BCUT2D eigenvalue weighted by atomic mass is 32.2. The highest BCUT2D eigenvalue weighted by Crippen LogP contribution is 2.08. The Morgan fingerprint density at radius 1 is 1.42 bits per heavy atom. The van der Waals surface area contributed by atoms with Gasteiger partial charge in [-0.1, -0.05) is 6.92 Å². The molecular weight excluding hydrogens is 182 g/mol. The van der Waals surface area contributed by atoms with Gasteiger partial charge in [0.15, 0.2) is 0 Å². The molecule has 0 amide bonds. The first-order valence-corrected chi connectivity index (χ1v) is 5.21. The molecule has 2 atom stereocenters. The lowest BCUT2D eigenvalue weighted by Gasteiger charge is -2.10. The largest absolute Gasteiger partial charge is 0.396 e. The Bertz CT molecular complexity index is 214. The van der Waals surface area contributed by atoms with Crippen molar-refractivity contribution in [1.29, 1.82) is 0 Å². The molecule has 4 N–H and O–H groups in total. The van der Waals surface area contributed by atoms with Gasteiger partial charge in [-0.25, -0.2) is 0 Å². The van der Waals surface area contributed by atoms with Crippen molar-refractivity contribution in [3.63, 3.8) is 0 Å². The number of nitrogens with two attached hydrogens (primary N) is 1. The summed E-state index contributed by atoms with van der Waals surface area (Å²) in [7, 11) is -4.11. The Kier molecular flexibility index (Phi) is 4.69. The van der Waals surface area contributed by atoms with Crippen molar-refractivity contribution < 1.29 is 18.1 Å². The van der Waals surface area contributed by atoms with Crippen molar-refractivity contribution in [2.75, 3.05) is 6.61 Å². The van der Waals surface area contributed by atoms with E-state index in [9.17, 15) is 8.42 Å². The van der Waals surface area contributed by atoms with E-state index in [0.717, 1.165) is 0 Å². The Labute approximate surface area is 72.3 Å². The predicted octanol–water partition coefficient (Wildman–Crippen LogP) is -0.432. The Balaban J connectivity index is 3.80. The normalized spacial score (nSPS) is 17.3. The topological polar surface area (TPSA) is 101 Å². The summed E-state index contributed by atoms with van der Waals surface area (Å²) in [6.45, 7) is 1.77. The van der Waals surface area contributed by atoms with Crippen molar-refractivity contribution in [3.8, 4) is 0 Å². The fourth-order valence-corrected chi connectivity index (χ4v) is 1.12. The van der Waals surface area contributed by atoms with Crippen LogP contribution in [0.5, 0.6) is 0 Å². The summed E-state index contributed by atoms with van der Waals surface area (Å²) in [6, 6.07) is 0. The molecule has 74 valence electrons. The lowest BCUT2D eigenvalue weighted by molar-refractivity contribution is 0.227. The van der Waals surface area contributed by atoms with Crippen LogP contribution in [0.15, 0.2) is 0 Å². The molecule has 6 heteroatoms. The van der Waals surface area contributed by atoms with Gasteiger partial charge in [-0.05, 0) is 18.8 Å². The van der Waals surface area contributed by atoms with Crippen molar-refractivity contribution >= 4 is 10.1 Å². The fourth-order valence-electron chi connectivity index (χ4n) is 0.689. The monoisotopic (exact) mass is 197 g/mol. The van der Waals surface area contributed by atoms with Gasteiger partial charge in [-0.3, -0.25) is 4.55 Å². The van der Waals surface area contributed by atoms with Gasteiger partial charge in [0, 0.05) is 6.61 Å². The summed E-state index contributed by atoms with van der Waals surface area (Å²) < 4.78 is 29.3. The van der Waals surface area contributed by atoms with E-state index < -0.39 is 15.5 Å². The molecule has 0 rings (SSSR count). The Morgan fingerprint density at radius 3 is 2.25 bits per heavy atom. The number of rotatable bonds is 5. The summed E-state index contributed by atoms with van der Waals surface area (Å²) in [4.78, 5) is 0. The zero-order chi connectivity index (χ0) is 9.78. The number of aliphatic hydroxyl groups excluding tert-OH is 1. The summed E-state index contributed by atoms with van der Waals surface area (Å²) in [5, 5.41) is 7.37. The maximum Gasteiger partial charge on any atom is 0.280 e. The van der Waals surface area contributed by atoms with Gasteiger partial charge < -0.3 is 10.8 Å². The van der Waals surface area contributed by atoms with Crippen molar-refractivity contribution in [3.05, 3.63) is 0 Å². The SMILES string of the molecule is C[C@H](CO)CCC(N)S(=O)(=O)O. The van der Waals surface area contributed by atoms with Gasteiger partial charge in [0.1, 0.15) is 5.37 Å². The van der Waals surface area contributed by atoms with Crippen LogP contribution in [0.4, 0.5) is 0 Å².